The lowest BCUT2D eigenvalue weighted by Crippen LogP contribution is -2.00. The molecule has 3 aromatic carbocycles. The van der Waals surface area contributed by atoms with Gasteiger partial charge in [-0.2, -0.15) is 0 Å². The van der Waals surface area contributed by atoms with Crippen LogP contribution in [0.3, 0.4) is 0 Å². The number of aromatic nitrogens is 2. The maximum absolute atomic E-state index is 11.4. The number of aromatic carboxylic acids is 1. The van der Waals surface area contributed by atoms with Crippen molar-refractivity contribution >= 4 is 28.6 Å². The van der Waals surface area contributed by atoms with Crippen LogP contribution in [0.2, 0.25) is 0 Å². The molecule has 5 rings (SSSR count). The monoisotopic (exact) mass is 436 g/mol. The molecule has 2 aromatic heterocycles. The third-order valence-corrected chi connectivity index (χ3v) is 6.46. The molecule has 5 aromatic rings. The number of pyridine rings is 1. The van der Waals surface area contributed by atoms with Gasteiger partial charge < -0.3 is 9.67 Å². The number of carboxylic acid groups (broad SMARTS) is 1. The maximum atomic E-state index is 11.4. The van der Waals surface area contributed by atoms with Gasteiger partial charge in [-0.15, -0.1) is 11.8 Å². The molecule has 156 valence electrons. The van der Waals surface area contributed by atoms with Gasteiger partial charge in [0.25, 0.3) is 0 Å². The summed E-state index contributed by atoms with van der Waals surface area (Å²) in [5.41, 5.74) is 5.97. The van der Waals surface area contributed by atoms with Gasteiger partial charge >= 0.3 is 5.97 Å². The molecule has 0 fully saturated rings. The number of carboxylic acids is 1. The van der Waals surface area contributed by atoms with E-state index in [4.69, 9.17) is 0 Å². The van der Waals surface area contributed by atoms with Crippen molar-refractivity contribution in [1.29, 1.82) is 0 Å². The second kappa shape index (κ2) is 8.73. The molecular formula is C27H20N2O2S. The fourth-order valence-electron chi connectivity index (χ4n) is 3.88. The van der Waals surface area contributed by atoms with Gasteiger partial charge in [0.2, 0.25) is 0 Å². The van der Waals surface area contributed by atoms with Crippen LogP contribution in [0.1, 0.15) is 15.9 Å². The second-order valence-electron chi connectivity index (χ2n) is 7.41. The molecule has 0 unspecified atom stereocenters. The van der Waals surface area contributed by atoms with Gasteiger partial charge in [-0.3, -0.25) is 0 Å². The molecule has 0 atom stereocenters. The van der Waals surface area contributed by atoms with Crippen LogP contribution in [0.4, 0.5) is 0 Å². The smallest absolute Gasteiger partial charge is 0.338 e. The summed E-state index contributed by atoms with van der Waals surface area (Å²) < 4.78 is 2.19. The van der Waals surface area contributed by atoms with E-state index in [1.165, 1.54) is 28.3 Å². The molecule has 4 nitrogen and oxygen atoms in total. The molecule has 0 aliphatic carbocycles. The van der Waals surface area contributed by atoms with E-state index in [-0.39, 0.29) is 5.56 Å². The summed E-state index contributed by atoms with van der Waals surface area (Å²) in [5, 5.41) is 11.1. The zero-order valence-electron chi connectivity index (χ0n) is 17.2. The minimum absolute atomic E-state index is 0.235. The van der Waals surface area contributed by atoms with E-state index in [1.807, 2.05) is 12.1 Å². The third kappa shape index (κ3) is 3.90. The Kier molecular flexibility index (Phi) is 5.48. The first-order chi connectivity index (χ1) is 15.7. The van der Waals surface area contributed by atoms with Crippen molar-refractivity contribution in [3.05, 3.63) is 115 Å². The Bertz CT molecular complexity index is 1410. The summed E-state index contributed by atoms with van der Waals surface area (Å²) in [5.74, 6) is -0.318. The summed E-state index contributed by atoms with van der Waals surface area (Å²) in [6.45, 7) is 0. The first-order valence-electron chi connectivity index (χ1n) is 10.3. The fourth-order valence-corrected chi connectivity index (χ4v) is 4.81. The topological polar surface area (TPSA) is 55.1 Å². The van der Waals surface area contributed by atoms with Gasteiger partial charge in [0.05, 0.1) is 11.1 Å². The molecule has 2 heterocycles. The Hall–Kier alpha value is -3.83. The van der Waals surface area contributed by atoms with Crippen molar-refractivity contribution in [3.63, 3.8) is 0 Å². The van der Waals surface area contributed by atoms with Crippen LogP contribution in [0.5, 0.6) is 0 Å². The van der Waals surface area contributed by atoms with Crippen molar-refractivity contribution in [2.24, 2.45) is 0 Å². The van der Waals surface area contributed by atoms with Gasteiger partial charge in [-0.1, -0.05) is 54.6 Å². The number of nitrogens with zero attached hydrogens (tertiary/aromatic N) is 2. The predicted molar refractivity (Wildman–Crippen MR) is 129 cm³/mol. The van der Waals surface area contributed by atoms with Crippen molar-refractivity contribution in [3.8, 4) is 16.8 Å². The minimum Gasteiger partial charge on any atom is -0.478 e. The van der Waals surface area contributed by atoms with E-state index in [0.29, 0.717) is 10.8 Å². The predicted octanol–water partition coefficient (Wildman–Crippen LogP) is 6.68. The molecule has 1 N–H and O–H groups in total. The van der Waals surface area contributed by atoms with Crippen molar-refractivity contribution in [2.45, 2.75) is 10.8 Å². The minimum atomic E-state index is -0.956. The van der Waals surface area contributed by atoms with Gasteiger partial charge in [0.1, 0.15) is 5.03 Å². The number of hydrogen-bond donors (Lipinski definition) is 1. The molecule has 0 aliphatic rings. The molecule has 0 bridgehead atoms. The quantitative estimate of drug-likeness (QED) is 0.302. The van der Waals surface area contributed by atoms with Gasteiger partial charge in [-0.05, 0) is 53.1 Å². The zero-order chi connectivity index (χ0) is 21.9. The van der Waals surface area contributed by atoms with E-state index in [1.54, 1.807) is 18.3 Å². The van der Waals surface area contributed by atoms with E-state index in [0.717, 1.165) is 16.8 Å². The molecule has 32 heavy (non-hydrogen) atoms. The van der Waals surface area contributed by atoms with Crippen molar-refractivity contribution in [1.82, 2.24) is 9.55 Å². The maximum Gasteiger partial charge on any atom is 0.338 e. The molecule has 0 saturated carbocycles. The number of rotatable bonds is 6. The van der Waals surface area contributed by atoms with Gasteiger partial charge in [-0.25, -0.2) is 9.78 Å². The summed E-state index contributed by atoms with van der Waals surface area (Å²) in [6.07, 6.45) is 3.73. The second-order valence-corrected chi connectivity index (χ2v) is 8.37. The number of benzene rings is 3. The standard InChI is InChI=1S/C27H20N2O2S/c30-27(31)24-12-6-15-28-26(24)32-18-19-7-4-10-21(17-19)29-16-14-23-22(11-5-13-25(23)29)20-8-2-1-3-9-20/h1-17H,18H2,(H,30,31). The van der Waals surface area contributed by atoms with Crippen LogP contribution in [0, 0.1) is 0 Å². The van der Waals surface area contributed by atoms with Crippen LogP contribution < -0.4 is 0 Å². The fraction of sp³-hybridized carbons (Fsp3) is 0.0370. The molecular weight excluding hydrogens is 416 g/mol. The SMILES string of the molecule is O=C(O)c1cccnc1SCc1cccc(-n2ccc3c(-c4ccccc4)cccc32)c1. The highest BCUT2D eigenvalue weighted by molar-refractivity contribution is 7.98. The van der Waals surface area contributed by atoms with E-state index in [9.17, 15) is 9.90 Å². The first-order valence-corrected chi connectivity index (χ1v) is 11.3. The highest BCUT2D eigenvalue weighted by Gasteiger charge is 2.12. The molecule has 0 spiro atoms. The van der Waals surface area contributed by atoms with Crippen LogP contribution >= 0.6 is 11.8 Å². The van der Waals surface area contributed by atoms with Gasteiger partial charge in [0.15, 0.2) is 0 Å². The summed E-state index contributed by atoms with van der Waals surface area (Å²) in [6, 6.07) is 30.5. The average Bonchev–Trinajstić information content (AvgIpc) is 3.28. The van der Waals surface area contributed by atoms with E-state index in [2.05, 4.69) is 82.5 Å². The van der Waals surface area contributed by atoms with Crippen LogP contribution in [-0.4, -0.2) is 20.6 Å². The Morgan fingerprint density at radius 1 is 0.906 bits per heavy atom. The normalized spacial score (nSPS) is 11.0. The Labute approximate surface area is 190 Å². The summed E-state index contributed by atoms with van der Waals surface area (Å²) >= 11 is 1.44. The number of thioether (sulfide) groups is 1. The van der Waals surface area contributed by atoms with Gasteiger partial charge in [0, 0.05) is 29.2 Å². The molecule has 5 heteroatoms. The molecule has 0 saturated heterocycles. The summed E-state index contributed by atoms with van der Waals surface area (Å²) in [4.78, 5) is 15.7. The number of hydrogen-bond acceptors (Lipinski definition) is 3. The zero-order valence-corrected chi connectivity index (χ0v) is 18.0. The lowest BCUT2D eigenvalue weighted by Gasteiger charge is -2.10. The molecule has 0 radical (unpaired) electrons. The van der Waals surface area contributed by atoms with E-state index < -0.39 is 5.97 Å². The van der Waals surface area contributed by atoms with Crippen molar-refractivity contribution in [2.75, 3.05) is 0 Å². The third-order valence-electron chi connectivity index (χ3n) is 5.38. The first kappa shape index (κ1) is 20.1. The van der Waals surface area contributed by atoms with E-state index >= 15 is 0 Å². The average molecular weight is 437 g/mol. The van der Waals surface area contributed by atoms with Crippen molar-refractivity contribution < 1.29 is 9.90 Å². The van der Waals surface area contributed by atoms with Crippen LogP contribution in [0.15, 0.2) is 108 Å². The largest absolute Gasteiger partial charge is 0.478 e. The lowest BCUT2D eigenvalue weighted by atomic mass is 10.0. The Morgan fingerprint density at radius 3 is 2.59 bits per heavy atom. The number of fused-ring (bicyclic) bond motifs is 1. The Balaban J connectivity index is 1.46. The number of carbonyl (C=O) groups is 1. The Morgan fingerprint density at radius 2 is 1.75 bits per heavy atom. The summed E-state index contributed by atoms with van der Waals surface area (Å²) in [7, 11) is 0. The molecule has 0 aliphatic heterocycles. The molecule has 0 amide bonds. The van der Waals surface area contributed by atoms with Crippen LogP contribution in [0.25, 0.3) is 27.7 Å². The highest BCUT2D eigenvalue weighted by Crippen LogP contribution is 2.31. The lowest BCUT2D eigenvalue weighted by molar-refractivity contribution is 0.0692. The highest BCUT2D eigenvalue weighted by atomic mass is 32.2. The van der Waals surface area contributed by atoms with Crippen LogP contribution in [-0.2, 0) is 5.75 Å².